The van der Waals surface area contributed by atoms with Gasteiger partial charge in [-0.15, -0.1) is 6.58 Å². The summed E-state index contributed by atoms with van der Waals surface area (Å²) in [5, 5.41) is 0. The highest BCUT2D eigenvalue weighted by Gasteiger charge is 2.32. The van der Waals surface area contributed by atoms with E-state index >= 15 is 0 Å². The van der Waals surface area contributed by atoms with E-state index in [1.165, 1.54) is 34.5 Å². The maximum atomic E-state index is 13.3. The van der Waals surface area contributed by atoms with E-state index in [4.69, 9.17) is 28.4 Å². The summed E-state index contributed by atoms with van der Waals surface area (Å²) in [6.07, 6.45) is 2.41. The Kier molecular flexibility index (Phi) is 9.61. The molecule has 8 nitrogen and oxygen atoms in total. The molecular formula is C29H38O8. The van der Waals surface area contributed by atoms with Gasteiger partial charge in [0, 0.05) is 11.1 Å². The second-order valence-electron chi connectivity index (χ2n) is 9.76. The molecule has 2 aromatic carbocycles. The number of hydrogen-bond donors (Lipinski definition) is 0. The van der Waals surface area contributed by atoms with Gasteiger partial charge in [0.25, 0.3) is 0 Å². The van der Waals surface area contributed by atoms with Crippen molar-refractivity contribution < 1.29 is 38.0 Å². The zero-order valence-corrected chi connectivity index (χ0v) is 23.3. The van der Waals surface area contributed by atoms with Gasteiger partial charge >= 0.3 is 11.9 Å². The van der Waals surface area contributed by atoms with E-state index in [2.05, 4.69) is 6.58 Å². The van der Waals surface area contributed by atoms with Gasteiger partial charge in [-0.05, 0) is 56.9 Å². The van der Waals surface area contributed by atoms with Crippen molar-refractivity contribution in [2.45, 2.75) is 46.6 Å². The summed E-state index contributed by atoms with van der Waals surface area (Å²) in [5.74, 6) is 0.225. The van der Waals surface area contributed by atoms with Crippen molar-refractivity contribution in [2.24, 2.45) is 5.41 Å². The monoisotopic (exact) mass is 514 g/mol. The molecule has 37 heavy (non-hydrogen) atoms. The van der Waals surface area contributed by atoms with E-state index in [-0.39, 0.29) is 23.1 Å². The third-order valence-electron chi connectivity index (χ3n) is 5.80. The van der Waals surface area contributed by atoms with E-state index in [0.717, 1.165) is 0 Å². The van der Waals surface area contributed by atoms with Crippen LogP contribution in [0.2, 0.25) is 0 Å². The first-order chi connectivity index (χ1) is 17.4. The lowest BCUT2D eigenvalue weighted by molar-refractivity contribution is -0.0151. The molecule has 0 bridgehead atoms. The zero-order chi connectivity index (χ0) is 28.0. The third-order valence-corrected chi connectivity index (χ3v) is 5.80. The van der Waals surface area contributed by atoms with Gasteiger partial charge < -0.3 is 28.4 Å². The van der Waals surface area contributed by atoms with Crippen LogP contribution >= 0.6 is 0 Å². The summed E-state index contributed by atoms with van der Waals surface area (Å²) in [5.41, 5.74) is 0.369. The summed E-state index contributed by atoms with van der Waals surface area (Å²) < 4.78 is 33.4. The van der Waals surface area contributed by atoms with Crippen LogP contribution in [0.25, 0.3) is 11.1 Å². The summed E-state index contributed by atoms with van der Waals surface area (Å²) >= 11 is 0. The fourth-order valence-electron chi connectivity index (χ4n) is 4.29. The number of carbonyl (C=O) groups is 2. The summed E-state index contributed by atoms with van der Waals surface area (Å²) in [6.45, 7) is 13.6. The van der Waals surface area contributed by atoms with Crippen LogP contribution in [-0.2, 0) is 9.47 Å². The number of allylic oxidation sites excluding steroid dienone is 1. The average Bonchev–Trinajstić information content (AvgIpc) is 2.85. The molecule has 2 aromatic rings. The Morgan fingerprint density at radius 1 is 0.784 bits per heavy atom. The molecule has 0 heterocycles. The van der Waals surface area contributed by atoms with Crippen LogP contribution in [0.15, 0.2) is 36.9 Å². The lowest BCUT2D eigenvalue weighted by Crippen LogP contribution is -2.33. The van der Waals surface area contributed by atoms with Crippen molar-refractivity contribution in [3.8, 4) is 34.1 Å². The highest BCUT2D eigenvalue weighted by molar-refractivity contribution is 5.97. The zero-order valence-electron chi connectivity index (χ0n) is 23.3. The molecule has 0 amide bonds. The van der Waals surface area contributed by atoms with E-state index < -0.39 is 17.5 Å². The highest BCUT2D eigenvalue weighted by Crippen LogP contribution is 2.47. The van der Waals surface area contributed by atoms with Crippen molar-refractivity contribution in [3.63, 3.8) is 0 Å². The molecule has 0 aliphatic carbocycles. The predicted molar refractivity (Wildman–Crippen MR) is 142 cm³/mol. The molecule has 0 aliphatic rings. The highest BCUT2D eigenvalue weighted by atomic mass is 16.6. The quantitative estimate of drug-likeness (QED) is 0.248. The van der Waals surface area contributed by atoms with Gasteiger partial charge in [-0.1, -0.05) is 19.9 Å². The Morgan fingerprint density at radius 3 is 1.62 bits per heavy atom. The van der Waals surface area contributed by atoms with E-state index in [1.54, 1.807) is 25.1 Å². The standard InChI is InChI=1S/C29H38O8/c1-11-28(3,4)17-29(5,6)37-27(31)19-14-21(25(35-10)23(16-19)33-8)20-13-18(26(30)36-12-2)15-22(32-7)24(20)34-9/h11,13-16H,1,12,17H2,2-10H3. The minimum atomic E-state index is -0.771. The number of rotatable bonds is 12. The largest absolute Gasteiger partial charge is 0.493 e. The number of esters is 2. The van der Waals surface area contributed by atoms with Gasteiger partial charge in [-0.25, -0.2) is 9.59 Å². The third kappa shape index (κ3) is 6.96. The number of benzene rings is 2. The van der Waals surface area contributed by atoms with E-state index in [0.29, 0.717) is 40.5 Å². The van der Waals surface area contributed by atoms with Gasteiger partial charge in [0.2, 0.25) is 0 Å². The molecule has 2 rings (SSSR count). The molecule has 0 fully saturated rings. The van der Waals surface area contributed by atoms with Gasteiger partial charge in [0.1, 0.15) is 5.60 Å². The van der Waals surface area contributed by atoms with Crippen LogP contribution in [0, 0.1) is 5.41 Å². The molecule has 0 spiro atoms. The fourth-order valence-corrected chi connectivity index (χ4v) is 4.29. The first-order valence-electron chi connectivity index (χ1n) is 11.9. The lowest BCUT2D eigenvalue weighted by Gasteiger charge is -2.32. The van der Waals surface area contributed by atoms with Crippen molar-refractivity contribution in [3.05, 3.63) is 48.0 Å². The van der Waals surface area contributed by atoms with Gasteiger partial charge in [-0.2, -0.15) is 0 Å². The molecule has 0 radical (unpaired) electrons. The predicted octanol–water partition coefficient (Wildman–Crippen LogP) is 6.10. The Labute approximate surface area is 219 Å². The summed E-state index contributed by atoms with van der Waals surface area (Å²) in [7, 11) is 5.91. The second-order valence-corrected chi connectivity index (χ2v) is 9.76. The smallest absolute Gasteiger partial charge is 0.338 e. The molecule has 0 saturated heterocycles. The van der Waals surface area contributed by atoms with E-state index in [9.17, 15) is 9.59 Å². The molecule has 0 N–H and O–H groups in total. The van der Waals surface area contributed by atoms with Crippen LogP contribution in [0.3, 0.4) is 0 Å². The van der Waals surface area contributed by atoms with Crippen LogP contribution in [0.5, 0.6) is 23.0 Å². The topological polar surface area (TPSA) is 89.5 Å². The van der Waals surface area contributed by atoms with Gasteiger partial charge in [0.15, 0.2) is 23.0 Å². The molecule has 0 unspecified atom stereocenters. The fraction of sp³-hybridized carbons (Fsp3) is 0.448. The summed E-state index contributed by atoms with van der Waals surface area (Å²) in [6, 6.07) is 6.30. The Bertz CT molecular complexity index is 1150. The maximum absolute atomic E-state index is 13.3. The second kappa shape index (κ2) is 12.0. The van der Waals surface area contributed by atoms with Crippen molar-refractivity contribution in [1.29, 1.82) is 0 Å². The Balaban J connectivity index is 2.73. The van der Waals surface area contributed by atoms with Crippen LogP contribution in [-0.4, -0.2) is 52.6 Å². The first kappa shape index (κ1) is 29.5. The molecule has 0 aromatic heterocycles. The molecule has 0 aliphatic heterocycles. The molecule has 8 heteroatoms. The molecule has 202 valence electrons. The van der Waals surface area contributed by atoms with Crippen molar-refractivity contribution in [1.82, 2.24) is 0 Å². The van der Waals surface area contributed by atoms with Crippen LogP contribution in [0.1, 0.15) is 61.8 Å². The Hall–Kier alpha value is -3.68. The first-order valence-corrected chi connectivity index (χ1v) is 11.9. The minimum Gasteiger partial charge on any atom is -0.493 e. The van der Waals surface area contributed by atoms with Crippen LogP contribution in [0.4, 0.5) is 0 Å². The number of methoxy groups -OCH3 is 4. The van der Waals surface area contributed by atoms with Crippen molar-refractivity contribution >= 4 is 11.9 Å². The maximum Gasteiger partial charge on any atom is 0.338 e. The minimum absolute atomic E-state index is 0.208. The molecule has 0 saturated carbocycles. The summed E-state index contributed by atoms with van der Waals surface area (Å²) in [4.78, 5) is 25.9. The number of carbonyl (C=O) groups excluding carboxylic acids is 2. The lowest BCUT2D eigenvalue weighted by atomic mass is 9.82. The number of hydrogen-bond acceptors (Lipinski definition) is 8. The van der Waals surface area contributed by atoms with Crippen LogP contribution < -0.4 is 18.9 Å². The van der Waals surface area contributed by atoms with Gasteiger partial charge in [-0.3, -0.25) is 0 Å². The van der Waals surface area contributed by atoms with Gasteiger partial charge in [0.05, 0.1) is 46.2 Å². The van der Waals surface area contributed by atoms with E-state index in [1.807, 2.05) is 33.8 Å². The SMILES string of the molecule is C=CC(C)(C)CC(C)(C)OC(=O)c1cc(OC)c(OC)c(-c2cc(C(=O)OCC)cc(OC)c2OC)c1. The molecule has 0 atom stereocenters. The van der Waals surface area contributed by atoms with Crippen molar-refractivity contribution in [2.75, 3.05) is 35.0 Å². The number of ether oxygens (including phenoxy) is 6. The Morgan fingerprint density at radius 2 is 1.24 bits per heavy atom. The average molecular weight is 515 g/mol. The normalized spacial score (nSPS) is 11.4. The molecular weight excluding hydrogens is 476 g/mol.